The number of fused-ring (bicyclic) bond motifs is 2. The standard InChI is InChI=1S/C26H20FN7O2S/c1-37(35,36)11-7-15-12-17(14-18(27)13-15)22-23-20(6-10-29-22)31-26(32-23)25-24-21(33-34-25)3-2-19(30-24)16-4-8-28-9-5-16/h2-6,8-10,12-14H,7,11H2,1H3,(H,31,32)(H,33,34). The van der Waals surface area contributed by atoms with Gasteiger partial charge < -0.3 is 4.98 Å². The van der Waals surface area contributed by atoms with Crippen LogP contribution in [0.25, 0.3) is 56.1 Å². The molecule has 6 aromatic rings. The number of halogens is 1. The topological polar surface area (TPSA) is 130 Å². The van der Waals surface area contributed by atoms with Crippen LogP contribution in [0.4, 0.5) is 4.39 Å². The zero-order chi connectivity index (χ0) is 25.6. The number of nitrogens with zero attached hydrogens (tertiary/aromatic N) is 5. The SMILES string of the molecule is CS(=O)(=O)CCc1cc(F)cc(-c2nccc3[nH]c(-c4n[nH]c5ccc(-c6ccncc6)nc45)nc23)c1. The fourth-order valence-corrected chi connectivity index (χ4v) is 4.85. The Bertz CT molecular complexity index is 1880. The third-order valence-corrected chi connectivity index (χ3v) is 6.95. The van der Waals surface area contributed by atoms with Crippen LogP contribution < -0.4 is 0 Å². The monoisotopic (exact) mass is 513 g/mol. The van der Waals surface area contributed by atoms with Gasteiger partial charge in [-0.2, -0.15) is 5.10 Å². The molecule has 184 valence electrons. The summed E-state index contributed by atoms with van der Waals surface area (Å²) in [6, 6.07) is 13.8. The van der Waals surface area contributed by atoms with Gasteiger partial charge in [0.1, 0.15) is 26.7 Å². The van der Waals surface area contributed by atoms with Gasteiger partial charge in [-0.3, -0.25) is 15.1 Å². The van der Waals surface area contributed by atoms with Crippen molar-refractivity contribution < 1.29 is 12.8 Å². The number of aromatic nitrogens is 7. The lowest BCUT2D eigenvalue weighted by Gasteiger charge is -2.06. The summed E-state index contributed by atoms with van der Waals surface area (Å²) in [6.45, 7) is 0. The molecule has 0 spiro atoms. The molecule has 5 heterocycles. The van der Waals surface area contributed by atoms with E-state index in [1.165, 1.54) is 12.1 Å². The highest BCUT2D eigenvalue weighted by atomic mass is 32.2. The first-order chi connectivity index (χ1) is 17.8. The van der Waals surface area contributed by atoms with Crippen LogP contribution in [0.15, 0.2) is 67.1 Å². The quantitative estimate of drug-likeness (QED) is 0.339. The molecule has 9 nitrogen and oxygen atoms in total. The minimum absolute atomic E-state index is 0.0687. The van der Waals surface area contributed by atoms with Gasteiger partial charge in [-0.15, -0.1) is 0 Å². The van der Waals surface area contributed by atoms with Crippen molar-refractivity contribution in [2.75, 3.05) is 12.0 Å². The molecule has 0 atom stereocenters. The molecule has 1 aromatic carbocycles. The van der Waals surface area contributed by atoms with Gasteiger partial charge in [-0.05, 0) is 60.5 Å². The molecular weight excluding hydrogens is 493 g/mol. The minimum atomic E-state index is -3.18. The van der Waals surface area contributed by atoms with Crippen LogP contribution in [0.5, 0.6) is 0 Å². The Morgan fingerprint density at radius 2 is 1.68 bits per heavy atom. The molecule has 0 amide bonds. The number of H-pyrrole nitrogens is 2. The fourth-order valence-electron chi connectivity index (χ4n) is 4.24. The van der Waals surface area contributed by atoms with Gasteiger partial charge in [-0.25, -0.2) is 22.8 Å². The van der Waals surface area contributed by atoms with Crippen molar-refractivity contribution in [3.8, 4) is 34.0 Å². The number of aromatic amines is 2. The van der Waals surface area contributed by atoms with E-state index in [-0.39, 0.29) is 12.2 Å². The van der Waals surface area contributed by atoms with E-state index < -0.39 is 15.7 Å². The molecule has 5 aromatic heterocycles. The predicted molar refractivity (Wildman–Crippen MR) is 139 cm³/mol. The van der Waals surface area contributed by atoms with Crippen molar-refractivity contribution in [1.82, 2.24) is 35.1 Å². The van der Waals surface area contributed by atoms with E-state index in [1.54, 1.807) is 30.7 Å². The first-order valence-corrected chi connectivity index (χ1v) is 13.5. The zero-order valence-electron chi connectivity index (χ0n) is 19.6. The Morgan fingerprint density at radius 1 is 0.865 bits per heavy atom. The summed E-state index contributed by atoms with van der Waals surface area (Å²) in [5.41, 5.74) is 6.45. The summed E-state index contributed by atoms with van der Waals surface area (Å²) in [5.74, 6) is -0.0499. The summed E-state index contributed by atoms with van der Waals surface area (Å²) in [4.78, 5) is 21.4. The largest absolute Gasteiger partial charge is 0.336 e. The van der Waals surface area contributed by atoms with Crippen molar-refractivity contribution in [2.45, 2.75) is 6.42 Å². The molecule has 11 heteroatoms. The van der Waals surface area contributed by atoms with Crippen molar-refractivity contribution in [2.24, 2.45) is 0 Å². The Labute approximate surface area is 210 Å². The van der Waals surface area contributed by atoms with E-state index in [4.69, 9.17) is 9.97 Å². The Kier molecular flexibility index (Phi) is 5.49. The van der Waals surface area contributed by atoms with Gasteiger partial charge in [0, 0.05) is 36.0 Å². The number of benzene rings is 1. The highest BCUT2D eigenvalue weighted by Gasteiger charge is 2.18. The first kappa shape index (κ1) is 22.9. The first-order valence-electron chi connectivity index (χ1n) is 11.4. The van der Waals surface area contributed by atoms with Crippen molar-refractivity contribution >= 4 is 31.9 Å². The smallest absolute Gasteiger partial charge is 0.161 e. The number of nitrogens with one attached hydrogen (secondary N) is 2. The molecule has 0 fully saturated rings. The summed E-state index contributed by atoms with van der Waals surface area (Å²) >= 11 is 0. The highest BCUT2D eigenvalue weighted by Crippen LogP contribution is 2.31. The van der Waals surface area contributed by atoms with E-state index >= 15 is 0 Å². The molecule has 0 bridgehead atoms. The van der Waals surface area contributed by atoms with Gasteiger partial charge in [-0.1, -0.05) is 0 Å². The Balaban J connectivity index is 1.44. The van der Waals surface area contributed by atoms with Gasteiger partial charge in [0.25, 0.3) is 0 Å². The van der Waals surface area contributed by atoms with E-state index in [9.17, 15) is 12.8 Å². The maximum Gasteiger partial charge on any atom is 0.161 e. The van der Waals surface area contributed by atoms with Crippen LogP contribution in [0.3, 0.4) is 0 Å². The summed E-state index contributed by atoms with van der Waals surface area (Å²) in [7, 11) is -3.18. The van der Waals surface area contributed by atoms with Crippen LogP contribution >= 0.6 is 0 Å². The van der Waals surface area contributed by atoms with Gasteiger partial charge in [0.15, 0.2) is 11.5 Å². The maximum absolute atomic E-state index is 14.5. The van der Waals surface area contributed by atoms with E-state index in [0.29, 0.717) is 44.9 Å². The molecule has 6 rings (SSSR count). The normalized spacial score (nSPS) is 11.9. The Morgan fingerprint density at radius 3 is 2.49 bits per heavy atom. The average molecular weight is 514 g/mol. The molecule has 0 aliphatic heterocycles. The van der Waals surface area contributed by atoms with Gasteiger partial charge in [0.05, 0.1) is 28.2 Å². The fraction of sp³-hybridized carbons (Fsp3) is 0.115. The van der Waals surface area contributed by atoms with Crippen LogP contribution in [0, 0.1) is 5.82 Å². The van der Waals surface area contributed by atoms with Gasteiger partial charge >= 0.3 is 0 Å². The van der Waals surface area contributed by atoms with E-state index in [2.05, 4.69) is 25.1 Å². The highest BCUT2D eigenvalue weighted by molar-refractivity contribution is 7.90. The molecule has 0 saturated carbocycles. The van der Waals surface area contributed by atoms with E-state index in [0.717, 1.165) is 23.0 Å². The number of hydrogen-bond donors (Lipinski definition) is 2. The summed E-state index contributed by atoms with van der Waals surface area (Å²) < 4.78 is 37.7. The number of hydrogen-bond acceptors (Lipinski definition) is 7. The molecule has 0 unspecified atom stereocenters. The third-order valence-electron chi connectivity index (χ3n) is 6.00. The number of rotatable bonds is 6. The molecule has 0 saturated heterocycles. The number of imidazole rings is 1. The Hall–Kier alpha value is -4.51. The van der Waals surface area contributed by atoms with Crippen LogP contribution in [-0.2, 0) is 16.3 Å². The van der Waals surface area contributed by atoms with Crippen molar-refractivity contribution in [3.63, 3.8) is 0 Å². The predicted octanol–water partition coefficient (Wildman–Crippen LogP) is 4.35. The molecule has 37 heavy (non-hydrogen) atoms. The van der Waals surface area contributed by atoms with Crippen LogP contribution in [0.1, 0.15) is 5.56 Å². The molecule has 0 aliphatic rings. The second kappa shape index (κ2) is 8.86. The van der Waals surface area contributed by atoms with Crippen molar-refractivity contribution in [3.05, 3.63) is 78.5 Å². The summed E-state index contributed by atoms with van der Waals surface area (Å²) in [5, 5.41) is 7.44. The lowest BCUT2D eigenvalue weighted by Crippen LogP contribution is -2.06. The zero-order valence-corrected chi connectivity index (χ0v) is 20.4. The molecule has 2 N–H and O–H groups in total. The van der Waals surface area contributed by atoms with E-state index in [1.807, 2.05) is 24.3 Å². The minimum Gasteiger partial charge on any atom is -0.336 e. The average Bonchev–Trinajstić information content (AvgIpc) is 3.51. The van der Waals surface area contributed by atoms with Gasteiger partial charge in [0.2, 0.25) is 0 Å². The number of pyridine rings is 3. The van der Waals surface area contributed by atoms with Crippen LogP contribution in [-0.4, -0.2) is 55.5 Å². The number of sulfone groups is 1. The lowest BCUT2D eigenvalue weighted by atomic mass is 10.0. The second-order valence-electron chi connectivity index (χ2n) is 8.77. The molecular formula is C26H20FN7O2S. The molecule has 0 radical (unpaired) electrons. The van der Waals surface area contributed by atoms with Crippen molar-refractivity contribution in [1.29, 1.82) is 0 Å². The number of aryl methyl sites for hydroxylation is 1. The third kappa shape index (κ3) is 4.56. The summed E-state index contributed by atoms with van der Waals surface area (Å²) in [6.07, 6.45) is 6.40. The van der Waals surface area contributed by atoms with Crippen LogP contribution in [0.2, 0.25) is 0 Å². The molecule has 0 aliphatic carbocycles. The second-order valence-corrected chi connectivity index (χ2v) is 11.0. The lowest BCUT2D eigenvalue weighted by molar-refractivity contribution is 0.600. The maximum atomic E-state index is 14.5.